The Labute approximate surface area is 196 Å². The van der Waals surface area contributed by atoms with Crippen LogP contribution in [0.5, 0.6) is 17.2 Å². The number of aryl methyl sites for hydroxylation is 2. The van der Waals surface area contributed by atoms with Crippen molar-refractivity contribution in [2.45, 2.75) is 19.8 Å². The predicted octanol–water partition coefficient (Wildman–Crippen LogP) is 3.46. The van der Waals surface area contributed by atoms with E-state index in [4.69, 9.17) is 28.1 Å². The lowest BCUT2D eigenvalue weighted by atomic mass is 10.0. The molecule has 0 unspecified atom stereocenters. The molecule has 2 aromatic carbocycles. The van der Waals surface area contributed by atoms with Gasteiger partial charge >= 0.3 is 17.6 Å². The van der Waals surface area contributed by atoms with Crippen molar-refractivity contribution in [1.29, 1.82) is 0 Å². The molecule has 0 atom stereocenters. The topological polar surface area (TPSA) is 111 Å². The standard InChI is InChI=1S/C25H26O9/c1-15-11-24(27)33-21-14-20(16(12-18(15)21)6-8-23(26)32-10-9-29-2)34-25(28)17-5-7-19(30-3)22(13-17)31-4/h5,7,11-14H,6,8-10H2,1-4H3. The third-order valence-electron chi connectivity index (χ3n) is 5.10. The molecule has 0 fully saturated rings. The zero-order valence-corrected chi connectivity index (χ0v) is 19.5. The lowest BCUT2D eigenvalue weighted by Crippen LogP contribution is -2.13. The minimum absolute atomic E-state index is 0.0615. The Hall–Kier alpha value is -3.85. The van der Waals surface area contributed by atoms with Crippen molar-refractivity contribution in [3.63, 3.8) is 0 Å². The van der Waals surface area contributed by atoms with E-state index in [-0.39, 0.29) is 36.3 Å². The maximum Gasteiger partial charge on any atom is 0.343 e. The number of carbonyl (C=O) groups excluding carboxylic acids is 2. The molecular weight excluding hydrogens is 444 g/mol. The van der Waals surface area contributed by atoms with Crippen LogP contribution < -0.4 is 19.8 Å². The van der Waals surface area contributed by atoms with Gasteiger partial charge in [-0.2, -0.15) is 0 Å². The first-order chi connectivity index (χ1) is 16.4. The van der Waals surface area contributed by atoms with Crippen molar-refractivity contribution < 1.29 is 37.7 Å². The number of methoxy groups -OCH3 is 3. The van der Waals surface area contributed by atoms with E-state index in [0.29, 0.717) is 34.6 Å². The second-order valence-corrected chi connectivity index (χ2v) is 7.38. The van der Waals surface area contributed by atoms with Crippen LogP contribution in [0.3, 0.4) is 0 Å². The maximum absolute atomic E-state index is 12.9. The van der Waals surface area contributed by atoms with E-state index in [1.54, 1.807) is 25.1 Å². The second kappa shape index (κ2) is 11.3. The Morgan fingerprint density at radius 1 is 0.912 bits per heavy atom. The van der Waals surface area contributed by atoms with Gasteiger partial charge in [-0.15, -0.1) is 0 Å². The molecule has 3 aromatic rings. The first-order valence-electron chi connectivity index (χ1n) is 10.5. The summed E-state index contributed by atoms with van der Waals surface area (Å²) in [6.07, 6.45) is 0.306. The van der Waals surface area contributed by atoms with Gasteiger partial charge < -0.3 is 28.1 Å². The van der Waals surface area contributed by atoms with Gasteiger partial charge in [0.15, 0.2) is 11.5 Å². The Balaban J connectivity index is 1.92. The van der Waals surface area contributed by atoms with Crippen LogP contribution in [0.4, 0.5) is 0 Å². The average molecular weight is 470 g/mol. The number of benzene rings is 2. The van der Waals surface area contributed by atoms with Crippen LogP contribution in [-0.2, 0) is 20.7 Å². The Morgan fingerprint density at radius 2 is 1.68 bits per heavy atom. The van der Waals surface area contributed by atoms with Crippen LogP contribution in [0.25, 0.3) is 11.0 Å². The molecule has 0 aliphatic heterocycles. The zero-order chi connectivity index (χ0) is 24.7. The molecule has 0 saturated carbocycles. The van der Waals surface area contributed by atoms with E-state index in [9.17, 15) is 14.4 Å². The number of ether oxygens (including phenoxy) is 5. The zero-order valence-electron chi connectivity index (χ0n) is 19.5. The smallest absolute Gasteiger partial charge is 0.343 e. The molecule has 0 radical (unpaired) electrons. The van der Waals surface area contributed by atoms with Gasteiger partial charge in [0.1, 0.15) is 17.9 Å². The molecule has 3 rings (SSSR count). The van der Waals surface area contributed by atoms with Crippen molar-refractivity contribution in [2.75, 3.05) is 34.5 Å². The monoisotopic (exact) mass is 470 g/mol. The molecule has 0 spiro atoms. The summed E-state index contributed by atoms with van der Waals surface area (Å²) in [6, 6.07) is 9.23. The highest BCUT2D eigenvalue weighted by Gasteiger charge is 2.18. The predicted molar refractivity (Wildman–Crippen MR) is 123 cm³/mol. The quantitative estimate of drug-likeness (QED) is 0.190. The molecule has 34 heavy (non-hydrogen) atoms. The van der Waals surface area contributed by atoms with E-state index in [2.05, 4.69) is 0 Å². The summed E-state index contributed by atoms with van der Waals surface area (Å²) in [6.45, 7) is 2.23. The first kappa shape index (κ1) is 24.8. The maximum atomic E-state index is 12.9. The summed E-state index contributed by atoms with van der Waals surface area (Å²) in [7, 11) is 4.47. The number of esters is 2. The lowest BCUT2D eigenvalue weighted by Gasteiger charge is -2.13. The second-order valence-electron chi connectivity index (χ2n) is 7.38. The van der Waals surface area contributed by atoms with Gasteiger partial charge in [0, 0.05) is 31.0 Å². The minimum atomic E-state index is -0.653. The van der Waals surface area contributed by atoms with Crippen molar-refractivity contribution in [3.05, 3.63) is 63.5 Å². The molecule has 9 nitrogen and oxygen atoms in total. The molecule has 9 heteroatoms. The Morgan fingerprint density at radius 3 is 2.38 bits per heavy atom. The van der Waals surface area contributed by atoms with Gasteiger partial charge in [-0.3, -0.25) is 4.79 Å². The first-order valence-corrected chi connectivity index (χ1v) is 10.5. The number of hydrogen-bond donors (Lipinski definition) is 0. The van der Waals surface area contributed by atoms with Gasteiger partial charge in [0.2, 0.25) is 0 Å². The van der Waals surface area contributed by atoms with Crippen LogP contribution in [0.15, 0.2) is 45.6 Å². The van der Waals surface area contributed by atoms with E-state index in [1.165, 1.54) is 39.5 Å². The highest BCUT2D eigenvalue weighted by molar-refractivity contribution is 5.93. The van der Waals surface area contributed by atoms with Gasteiger partial charge in [-0.1, -0.05) is 0 Å². The number of hydrogen-bond acceptors (Lipinski definition) is 9. The highest BCUT2D eigenvalue weighted by atomic mass is 16.6. The van der Waals surface area contributed by atoms with Crippen molar-refractivity contribution >= 4 is 22.9 Å². The summed E-state index contributed by atoms with van der Waals surface area (Å²) in [5.41, 5.74) is 1.27. The van der Waals surface area contributed by atoms with Gasteiger partial charge in [-0.05, 0) is 48.7 Å². The molecule has 1 aromatic heterocycles. The summed E-state index contributed by atoms with van der Waals surface area (Å²) in [4.78, 5) is 36.8. The number of fused-ring (bicyclic) bond motifs is 1. The van der Waals surface area contributed by atoms with Crippen molar-refractivity contribution in [2.24, 2.45) is 0 Å². The molecular formula is C25H26O9. The molecule has 0 aliphatic rings. The van der Waals surface area contributed by atoms with Crippen LogP contribution >= 0.6 is 0 Å². The fourth-order valence-electron chi connectivity index (χ4n) is 3.35. The third-order valence-corrected chi connectivity index (χ3v) is 5.10. The Bertz CT molecular complexity index is 1240. The normalized spacial score (nSPS) is 10.7. The fourth-order valence-corrected chi connectivity index (χ4v) is 3.35. The van der Waals surface area contributed by atoms with Gasteiger partial charge in [0.05, 0.1) is 26.4 Å². The van der Waals surface area contributed by atoms with Gasteiger partial charge in [0.25, 0.3) is 0 Å². The number of carbonyl (C=O) groups is 2. The van der Waals surface area contributed by atoms with Gasteiger partial charge in [-0.25, -0.2) is 9.59 Å². The minimum Gasteiger partial charge on any atom is -0.493 e. The van der Waals surface area contributed by atoms with E-state index in [0.717, 1.165) is 0 Å². The van der Waals surface area contributed by atoms with Crippen LogP contribution in [0.1, 0.15) is 27.9 Å². The van der Waals surface area contributed by atoms with Crippen LogP contribution in [0, 0.1) is 6.92 Å². The number of rotatable bonds is 10. The highest BCUT2D eigenvalue weighted by Crippen LogP contribution is 2.31. The molecule has 180 valence electrons. The fraction of sp³-hybridized carbons (Fsp3) is 0.320. The van der Waals surface area contributed by atoms with Crippen LogP contribution in [-0.4, -0.2) is 46.5 Å². The molecule has 0 saturated heterocycles. The summed E-state index contributed by atoms with van der Waals surface area (Å²) in [5, 5.41) is 0.674. The largest absolute Gasteiger partial charge is 0.493 e. The van der Waals surface area contributed by atoms with Crippen molar-refractivity contribution in [1.82, 2.24) is 0 Å². The van der Waals surface area contributed by atoms with E-state index < -0.39 is 17.6 Å². The van der Waals surface area contributed by atoms with Crippen LogP contribution in [0.2, 0.25) is 0 Å². The summed E-state index contributed by atoms with van der Waals surface area (Å²) < 4.78 is 31.4. The third kappa shape index (κ3) is 5.93. The SMILES string of the molecule is COCCOC(=O)CCc1cc2c(C)cc(=O)oc2cc1OC(=O)c1ccc(OC)c(OC)c1. The molecule has 0 aliphatic carbocycles. The van der Waals surface area contributed by atoms with Crippen molar-refractivity contribution in [3.8, 4) is 17.2 Å². The van der Waals surface area contributed by atoms with E-state index >= 15 is 0 Å². The lowest BCUT2D eigenvalue weighted by molar-refractivity contribution is -0.144. The molecule has 0 N–H and O–H groups in total. The van der Waals surface area contributed by atoms with E-state index in [1.807, 2.05) is 0 Å². The summed E-state index contributed by atoms with van der Waals surface area (Å²) >= 11 is 0. The summed E-state index contributed by atoms with van der Waals surface area (Å²) in [5.74, 6) is -0.0543. The average Bonchev–Trinajstić information content (AvgIpc) is 2.82. The Kier molecular flexibility index (Phi) is 8.26. The molecule has 1 heterocycles. The molecule has 0 amide bonds. The molecule has 0 bridgehead atoms.